The van der Waals surface area contributed by atoms with Gasteiger partial charge in [0, 0.05) is 25.8 Å². The van der Waals surface area contributed by atoms with Gasteiger partial charge in [-0.15, -0.1) is 0 Å². The number of hydrogen-bond donors (Lipinski definition) is 3. The number of carboxylic acid groups (broad SMARTS) is 1. The summed E-state index contributed by atoms with van der Waals surface area (Å²) in [5.41, 5.74) is -0.131. The molecular formula is C16H26N4O4. The molecule has 0 aromatic carbocycles. The summed E-state index contributed by atoms with van der Waals surface area (Å²) in [5, 5.41) is 23.4. The molecule has 0 aliphatic carbocycles. The van der Waals surface area contributed by atoms with Crippen LogP contribution in [0.5, 0.6) is 0 Å². The van der Waals surface area contributed by atoms with Crippen LogP contribution in [0.2, 0.25) is 0 Å². The van der Waals surface area contributed by atoms with Crippen LogP contribution in [0.3, 0.4) is 0 Å². The normalized spacial score (nSPS) is 17.2. The van der Waals surface area contributed by atoms with Crippen molar-refractivity contribution in [2.45, 2.75) is 26.3 Å². The monoisotopic (exact) mass is 338 g/mol. The average molecular weight is 338 g/mol. The van der Waals surface area contributed by atoms with Gasteiger partial charge in [0.25, 0.3) is 5.91 Å². The molecule has 1 rings (SSSR count). The van der Waals surface area contributed by atoms with Gasteiger partial charge >= 0.3 is 5.97 Å². The Morgan fingerprint density at radius 3 is 2.58 bits per heavy atom. The number of morpholine rings is 1. The molecule has 134 valence electrons. The summed E-state index contributed by atoms with van der Waals surface area (Å²) in [7, 11) is 0. The number of hydrogen-bond acceptors (Lipinski definition) is 6. The lowest BCUT2D eigenvalue weighted by Crippen LogP contribution is -2.44. The van der Waals surface area contributed by atoms with Gasteiger partial charge in [0.15, 0.2) is 0 Å². The summed E-state index contributed by atoms with van der Waals surface area (Å²) in [6, 6.07) is 0.774. The van der Waals surface area contributed by atoms with Gasteiger partial charge in [-0.3, -0.25) is 9.69 Å². The van der Waals surface area contributed by atoms with Gasteiger partial charge in [0.2, 0.25) is 0 Å². The second-order valence-corrected chi connectivity index (χ2v) is 5.96. The van der Waals surface area contributed by atoms with Crippen LogP contribution in [-0.4, -0.2) is 67.3 Å². The number of aliphatic carboxylic acids is 1. The molecular weight excluding hydrogens is 312 g/mol. The third-order valence-electron chi connectivity index (χ3n) is 3.73. The van der Waals surface area contributed by atoms with Crippen molar-refractivity contribution in [1.82, 2.24) is 15.5 Å². The Balaban J connectivity index is 2.38. The van der Waals surface area contributed by atoms with E-state index in [1.165, 1.54) is 6.20 Å². The molecule has 1 atom stereocenters. The minimum Gasteiger partial charge on any atom is -0.480 e. The Morgan fingerprint density at radius 2 is 2.04 bits per heavy atom. The maximum atomic E-state index is 12.0. The molecule has 3 N–H and O–H groups in total. The molecule has 1 unspecified atom stereocenters. The molecule has 0 radical (unpaired) electrons. The fourth-order valence-electron chi connectivity index (χ4n) is 2.28. The van der Waals surface area contributed by atoms with Crippen molar-refractivity contribution in [3.05, 3.63) is 11.8 Å². The minimum atomic E-state index is -1.12. The van der Waals surface area contributed by atoms with E-state index in [2.05, 4.69) is 15.5 Å². The molecule has 0 saturated carbocycles. The molecule has 0 bridgehead atoms. The Labute approximate surface area is 142 Å². The summed E-state index contributed by atoms with van der Waals surface area (Å²) >= 11 is 0. The van der Waals surface area contributed by atoms with Crippen molar-refractivity contribution >= 4 is 11.9 Å². The SMILES string of the molecule is CC(C)C(NC(=O)/C(C#N)=C\NCCCN1CCOCC1)C(=O)O. The number of carbonyl (C=O) groups is 2. The van der Waals surface area contributed by atoms with E-state index in [9.17, 15) is 9.59 Å². The van der Waals surface area contributed by atoms with Crippen molar-refractivity contribution in [1.29, 1.82) is 5.26 Å². The van der Waals surface area contributed by atoms with Gasteiger partial charge in [0.05, 0.1) is 13.2 Å². The van der Waals surface area contributed by atoms with Crippen LogP contribution in [0.15, 0.2) is 11.8 Å². The van der Waals surface area contributed by atoms with Crippen molar-refractivity contribution in [2.24, 2.45) is 5.92 Å². The highest BCUT2D eigenvalue weighted by Crippen LogP contribution is 2.03. The summed E-state index contributed by atoms with van der Waals surface area (Å²) in [6.45, 7) is 8.30. The van der Waals surface area contributed by atoms with E-state index in [0.29, 0.717) is 6.54 Å². The first kappa shape index (κ1) is 19.9. The molecule has 1 heterocycles. The lowest BCUT2D eigenvalue weighted by molar-refractivity contribution is -0.142. The quantitative estimate of drug-likeness (QED) is 0.306. The second-order valence-electron chi connectivity index (χ2n) is 5.96. The molecule has 1 aliphatic heterocycles. The van der Waals surface area contributed by atoms with Gasteiger partial charge in [-0.1, -0.05) is 13.8 Å². The molecule has 8 nitrogen and oxygen atoms in total. The van der Waals surface area contributed by atoms with Crippen molar-refractivity contribution < 1.29 is 19.4 Å². The van der Waals surface area contributed by atoms with E-state index in [0.717, 1.165) is 39.3 Å². The van der Waals surface area contributed by atoms with E-state index in [1.807, 2.05) is 0 Å². The molecule has 1 saturated heterocycles. The number of nitrogens with one attached hydrogen (secondary N) is 2. The topological polar surface area (TPSA) is 115 Å². The van der Waals surface area contributed by atoms with E-state index < -0.39 is 17.9 Å². The summed E-state index contributed by atoms with van der Waals surface area (Å²) in [4.78, 5) is 25.4. The summed E-state index contributed by atoms with van der Waals surface area (Å²) in [5.74, 6) is -2.07. The predicted octanol–water partition coefficient (Wildman–Crippen LogP) is -0.0688. The van der Waals surface area contributed by atoms with Gasteiger partial charge in [-0.05, 0) is 18.9 Å². The van der Waals surface area contributed by atoms with Crippen LogP contribution in [-0.2, 0) is 14.3 Å². The Hall–Kier alpha value is -2.11. The van der Waals surface area contributed by atoms with Crippen LogP contribution < -0.4 is 10.6 Å². The molecule has 1 amide bonds. The van der Waals surface area contributed by atoms with Crippen LogP contribution >= 0.6 is 0 Å². The maximum absolute atomic E-state index is 12.0. The standard InChI is InChI=1S/C16H26N4O4/c1-12(2)14(16(22)23)19-15(21)13(10-17)11-18-4-3-5-20-6-8-24-9-7-20/h11-12,14,18H,3-9H2,1-2H3,(H,19,21)(H,22,23)/b13-11-. The van der Waals surface area contributed by atoms with Crippen molar-refractivity contribution in [2.75, 3.05) is 39.4 Å². The second kappa shape index (κ2) is 10.6. The maximum Gasteiger partial charge on any atom is 0.326 e. The average Bonchev–Trinajstić information content (AvgIpc) is 2.56. The highest BCUT2D eigenvalue weighted by molar-refractivity contribution is 5.99. The zero-order chi connectivity index (χ0) is 17.9. The number of rotatable bonds is 9. The van der Waals surface area contributed by atoms with E-state index in [4.69, 9.17) is 15.1 Å². The van der Waals surface area contributed by atoms with Crippen LogP contribution in [0.25, 0.3) is 0 Å². The largest absolute Gasteiger partial charge is 0.480 e. The fraction of sp³-hybridized carbons (Fsp3) is 0.688. The molecule has 1 fully saturated rings. The fourth-order valence-corrected chi connectivity index (χ4v) is 2.28. The smallest absolute Gasteiger partial charge is 0.326 e. The van der Waals surface area contributed by atoms with Gasteiger partial charge in [-0.2, -0.15) is 5.26 Å². The minimum absolute atomic E-state index is 0.131. The number of ether oxygens (including phenoxy) is 1. The molecule has 8 heteroatoms. The lowest BCUT2D eigenvalue weighted by Gasteiger charge is -2.26. The molecule has 0 spiro atoms. The van der Waals surface area contributed by atoms with Crippen LogP contribution in [0.1, 0.15) is 20.3 Å². The Bertz CT molecular complexity index is 493. The number of carboxylic acids is 1. The highest BCUT2D eigenvalue weighted by atomic mass is 16.5. The van der Waals surface area contributed by atoms with E-state index >= 15 is 0 Å². The van der Waals surface area contributed by atoms with Gasteiger partial charge < -0.3 is 20.5 Å². The number of amides is 1. The molecule has 24 heavy (non-hydrogen) atoms. The van der Waals surface area contributed by atoms with Crippen LogP contribution in [0, 0.1) is 17.2 Å². The summed E-state index contributed by atoms with van der Waals surface area (Å²) < 4.78 is 5.28. The third-order valence-corrected chi connectivity index (χ3v) is 3.73. The number of carbonyl (C=O) groups excluding carboxylic acids is 1. The zero-order valence-electron chi connectivity index (χ0n) is 14.2. The Morgan fingerprint density at radius 1 is 1.38 bits per heavy atom. The molecule has 0 aromatic rings. The molecule has 1 aliphatic rings. The van der Waals surface area contributed by atoms with Crippen molar-refractivity contribution in [3.8, 4) is 6.07 Å². The number of nitrogens with zero attached hydrogens (tertiary/aromatic N) is 2. The van der Waals surface area contributed by atoms with E-state index in [-0.39, 0.29) is 11.5 Å². The van der Waals surface area contributed by atoms with Gasteiger partial charge in [-0.25, -0.2) is 4.79 Å². The third kappa shape index (κ3) is 6.98. The predicted molar refractivity (Wildman–Crippen MR) is 88.0 cm³/mol. The lowest BCUT2D eigenvalue weighted by atomic mass is 10.0. The highest BCUT2D eigenvalue weighted by Gasteiger charge is 2.24. The zero-order valence-corrected chi connectivity index (χ0v) is 14.2. The summed E-state index contributed by atoms with van der Waals surface area (Å²) in [6.07, 6.45) is 2.22. The Kier molecular flexibility index (Phi) is 8.83. The molecule has 0 aromatic heterocycles. The number of nitriles is 1. The first-order chi connectivity index (χ1) is 11.5. The first-order valence-corrected chi connectivity index (χ1v) is 8.13. The first-order valence-electron chi connectivity index (χ1n) is 8.13. The van der Waals surface area contributed by atoms with Crippen LogP contribution in [0.4, 0.5) is 0 Å². The van der Waals surface area contributed by atoms with Crippen molar-refractivity contribution in [3.63, 3.8) is 0 Å². The van der Waals surface area contributed by atoms with Gasteiger partial charge in [0.1, 0.15) is 17.7 Å². The van der Waals surface area contributed by atoms with E-state index in [1.54, 1.807) is 19.9 Å².